The standard InChI is InChI=1S/C12H14N4O/c1-8-3-2-4-9(5-8)6-16-7-15-11(13)10(16)12(14)17/h2-5,7H,6,13H2,1H3,(H2,14,17). The SMILES string of the molecule is Cc1cccc(Cn2cnc(N)c2C(N)=O)c1. The van der Waals surface area contributed by atoms with Crippen molar-refractivity contribution in [3.05, 3.63) is 47.4 Å². The van der Waals surface area contributed by atoms with E-state index in [0.717, 1.165) is 11.1 Å². The van der Waals surface area contributed by atoms with E-state index in [1.807, 2.05) is 31.2 Å². The van der Waals surface area contributed by atoms with Crippen molar-refractivity contribution in [1.82, 2.24) is 9.55 Å². The van der Waals surface area contributed by atoms with E-state index in [1.165, 1.54) is 6.33 Å². The van der Waals surface area contributed by atoms with E-state index in [1.54, 1.807) is 4.57 Å². The lowest BCUT2D eigenvalue weighted by Crippen LogP contribution is -2.18. The quantitative estimate of drug-likeness (QED) is 0.822. The molecule has 0 aliphatic rings. The van der Waals surface area contributed by atoms with Gasteiger partial charge in [0, 0.05) is 6.54 Å². The molecule has 2 rings (SSSR count). The summed E-state index contributed by atoms with van der Waals surface area (Å²) in [5, 5.41) is 0. The maximum Gasteiger partial charge on any atom is 0.269 e. The third kappa shape index (κ3) is 2.28. The van der Waals surface area contributed by atoms with Gasteiger partial charge < -0.3 is 16.0 Å². The summed E-state index contributed by atoms with van der Waals surface area (Å²) in [7, 11) is 0. The molecule has 0 aliphatic carbocycles. The van der Waals surface area contributed by atoms with Crippen LogP contribution < -0.4 is 11.5 Å². The highest BCUT2D eigenvalue weighted by atomic mass is 16.1. The molecule has 0 unspecified atom stereocenters. The topological polar surface area (TPSA) is 86.9 Å². The molecule has 0 radical (unpaired) electrons. The van der Waals surface area contributed by atoms with Crippen molar-refractivity contribution in [3.8, 4) is 0 Å². The summed E-state index contributed by atoms with van der Waals surface area (Å²) < 4.78 is 1.66. The van der Waals surface area contributed by atoms with E-state index in [2.05, 4.69) is 4.98 Å². The van der Waals surface area contributed by atoms with Gasteiger partial charge in [-0.15, -0.1) is 0 Å². The van der Waals surface area contributed by atoms with E-state index in [0.29, 0.717) is 6.54 Å². The molecule has 1 aromatic carbocycles. The first-order chi connectivity index (χ1) is 8.08. The Balaban J connectivity index is 2.33. The summed E-state index contributed by atoms with van der Waals surface area (Å²) >= 11 is 0. The van der Waals surface area contributed by atoms with Crippen LogP contribution >= 0.6 is 0 Å². The smallest absolute Gasteiger partial charge is 0.269 e. The largest absolute Gasteiger partial charge is 0.382 e. The van der Waals surface area contributed by atoms with Crippen LogP contribution in [0, 0.1) is 6.92 Å². The molecular formula is C12H14N4O. The monoisotopic (exact) mass is 230 g/mol. The Morgan fingerprint density at radius 3 is 2.88 bits per heavy atom. The van der Waals surface area contributed by atoms with Crippen molar-refractivity contribution < 1.29 is 4.79 Å². The number of imidazole rings is 1. The lowest BCUT2D eigenvalue weighted by molar-refractivity contribution is 0.0993. The lowest BCUT2D eigenvalue weighted by Gasteiger charge is -2.06. The minimum atomic E-state index is -0.562. The summed E-state index contributed by atoms with van der Waals surface area (Å²) in [6.45, 7) is 2.55. The average Bonchev–Trinajstić information content (AvgIpc) is 2.59. The van der Waals surface area contributed by atoms with Crippen LogP contribution in [0.2, 0.25) is 0 Å². The summed E-state index contributed by atoms with van der Waals surface area (Å²) in [5.74, 6) is -0.391. The summed E-state index contributed by atoms with van der Waals surface area (Å²) in [6, 6.07) is 8.00. The predicted molar refractivity (Wildman–Crippen MR) is 65.4 cm³/mol. The minimum Gasteiger partial charge on any atom is -0.382 e. The number of carbonyl (C=O) groups is 1. The van der Waals surface area contributed by atoms with Gasteiger partial charge in [-0.25, -0.2) is 4.98 Å². The highest BCUT2D eigenvalue weighted by molar-refractivity contribution is 5.95. The number of amides is 1. The molecule has 0 atom stereocenters. The highest BCUT2D eigenvalue weighted by Crippen LogP contribution is 2.12. The Hall–Kier alpha value is -2.30. The van der Waals surface area contributed by atoms with E-state index in [9.17, 15) is 4.79 Å². The first-order valence-electron chi connectivity index (χ1n) is 5.24. The number of carbonyl (C=O) groups excluding carboxylic acids is 1. The van der Waals surface area contributed by atoms with Crippen LogP contribution in [-0.4, -0.2) is 15.5 Å². The van der Waals surface area contributed by atoms with Crippen LogP contribution in [0.15, 0.2) is 30.6 Å². The molecule has 2 aromatic rings. The number of rotatable bonds is 3. The van der Waals surface area contributed by atoms with Gasteiger partial charge in [0.05, 0.1) is 6.33 Å². The first kappa shape index (κ1) is 11.2. The van der Waals surface area contributed by atoms with Crippen LogP contribution in [0.25, 0.3) is 0 Å². The molecular weight excluding hydrogens is 216 g/mol. The molecule has 1 aromatic heterocycles. The van der Waals surface area contributed by atoms with Crippen LogP contribution in [0.4, 0.5) is 5.82 Å². The van der Waals surface area contributed by atoms with E-state index >= 15 is 0 Å². The molecule has 0 saturated carbocycles. The fourth-order valence-corrected chi connectivity index (χ4v) is 1.79. The number of aromatic nitrogens is 2. The second-order valence-electron chi connectivity index (χ2n) is 3.96. The maximum atomic E-state index is 11.2. The molecule has 0 spiro atoms. The second kappa shape index (κ2) is 4.29. The zero-order valence-electron chi connectivity index (χ0n) is 9.55. The van der Waals surface area contributed by atoms with Gasteiger partial charge in [0.15, 0.2) is 11.5 Å². The van der Waals surface area contributed by atoms with Crippen molar-refractivity contribution in [2.24, 2.45) is 5.73 Å². The Kier molecular flexibility index (Phi) is 2.82. The molecule has 0 saturated heterocycles. The van der Waals surface area contributed by atoms with Gasteiger partial charge >= 0.3 is 0 Å². The van der Waals surface area contributed by atoms with E-state index in [4.69, 9.17) is 11.5 Å². The fourth-order valence-electron chi connectivity index (χ4n) is 1.79. The van der Waals surface area contributed by atoms with Gasteiger partial charge in [0.25, 0.3) is 5.91 Å². The minimum absolute atomic E-state index is 0.171. The van der Waals surface area contributed by atoms with Gasteiger partial charge in [0.1, 0.15) is 0 Å². The van der Waals surface area contributed by atoms with Gasteiger partial charge in [-0.2, -0.15) is 0 Å². The number of anilines is 1. The highest BCUT2D eigenvalue weighted by Gasteiger charge is 2.13. The average molecular weight is 230 g/mol. The number of aryl methyl sites for hydroxylation is 1. The number of primary amides is 1. The van der Waals surface area contributed by atoms with Crippen molar-refractivity contribution in [2.75, 3.05) is 5.73 Å². The number of nitrogens with zero attached hydrogens (tertiary/aromatic N) is 2. The van der Waals surface area contributed by atoms with E-state index < -0.39 is 5.91 Å². The third-order valence-electron chi connectivity index (χ3n) is 2.53. The van der Waals surface area contributed by atoms with Gasteiger partial charge in [-0.3, -0.25) is 4.79 Å². The number of nitrogens with two attached hydrogens (primary N) is 2. The molecule has 0 fully saturated rings. The van der Waals surface area contributed by atoms with Crippen LogP contribution in [0.1, 0.15) is 21.6 Å². The summed E-state index contributed by atoms with van der Waals surface area (Å²) in [6.07, 6.45) is 1.53. The van der Waals surface area contributed by atoms with Gasteiger partial charge in [0.2, 0.25) is 0 Å². The van der Waals surface area contributed by atoms with Crippen LogP contribution in [0.3, 0.4) is 0 Å². The van der Waals surface area contributed by atoms with Gasteiger partial charge in [-0.05, 0) is 12.5 Å². The molecule has 4 N–H and O–H groups in total. The molecule has 0 bridgehead atoms. The van der Waals surface area contributed by atoms with Crippen molar-refractivity contribution >= 4 is 11.7 Å². The first-order valence-corrected chi connectivity index (χ1v) is 5.24. The number of hydrogen-bond acceptors (Lipinski definition) is 3. The lowest BCUT2D eigenvalue weighted by atomic mass is 10.1. The molecule has 0 aliphatic heterocycles. The Morgan fingerprint density at radius 1 is 1.47 bits per heavy atom. The number of hydrogen-bond donors (Lipinski definition) is 2. The van der Waals surface area contributed by atoms with Crippen molar-refractivity contribution in [2.45, 2.75) is 13.5 Å². The number of nitrogen functional groups attached to an aromatic ring is 1. The fraction of sp³-hybridized carbons (Fsp3) is 0.167. The van der Waals surface area contributed by atoms with Crippen molar-refractivity contribution in [3.63, 3.8) is 0 Å². The number of benzene rings is 1. The maximum absolute atomic E-state index is 11.2. The Bertz CT molecular complexity index is 559. The molecule has 5 heteroatoms. The molecule has 1 amide bonds. The third-order valence-corrected chi connectivity index (χ3v) is 2.53. The van der Waals surface area contributed by atoms with Crippen molar-refractivity contribution in [1.29, 1.82) is 0 Å². The normalized spacial score (nSPS) is 10.4. The molecule has 17 heavy (non-hydrogen) atoms. The zero-order valence-corrected chi connectivity index (χ0v) is 9.55. The predicted octanol–water partition coefficient (Wildman–Crippen LogP) is 0.921. The molecule has 1 heterocycles. The second-order valence-corrected chi connectivity index (χ2v) is 3.96. The zero-order chi connectivity index (χ0) is 12.4. The summed E-state index contributed by atoms with van der Waals surface area (Å²) in [5.41, 5.74) is 13.3. The summed E-state index contributed by atoms with van der Waals surface area (Å²) in [4.78, 5) is 15.1. The van der Waals surface area contributed by atoms with E-state index in [-0.39, 0.29) is 11.5 Å². The molecule has 5 nitrogen and oxygen atoms in total. The molecule has 88 valence electrons. The Morgan fingerprint density at radius 2 is 2.24 bits per heavy atom. The van der Waals surface area contributed by atoms with Crippen LogP contribution in [0.5, 0.6) is 0 Å². The van der Waals surface area contributed by atoms with Crippen LogP contribution in [-0.2, 0) is 6.54 Å². The van der Waals surface area contributed by atoms with Gasteiger partial charge in [-0.1, -0.05) is 29.8 Å². The Labute approximate surface area is 99.1 Å².